The van der Waals surface area contributed by atoms with Gasteiger partial charge < -0.3 is 9.30 Å². The molecule has 1 fully saturated rings. The highest BCUT2D eigenvalue weighted by molar-refractivity contribution is 5.39. The van der Waals surface area contributed by atoms with Crippen LogP contribution in [0.5, 0.6) is 5.88 Å². The first-order valence-electron chi connectivity index (χ1n) is 7.14. The van der Waals surface area contributed by atoms with Crippen LogP contribution in [0.15, 0.2) is 43.7 Å². The maximum absolute atomic E-state index is 5.40. The van der Waals surface area contributed by atoms with Crippen LogP contribution in [0.3, 0.4) is 0 Å². The van der Waals surface area contributed by atoms with E-state index in [1.54, 1.807) is 12.5 Å². The Kier molecular flexibility index (Phi) is 3.81. The molecule has 0 saturated heterocycles. The molecule has 2 heterocycles. The first-order chi connectivity index (χ1) is 9.86. The highest BCUT2D eigenvalue weighted by Gasteiger charge is 2.18. The standard InChI is InChI=1S/C16H19N3O/c1-2-20-16-11-14(19-9-8-17-12-19)10-15(18-16)13-6-4-3-5-7-13/h2,8-13H,1,3-7H2. The Labute approximate surface area is 119 Å². The molecule has 2 aromatic rings. The van der Waals surface area contributed by atoms with E-state index < -0.39 is 0 Å². The van der Waals surface area contributed by atoms with Crippen LogP contribution in [0.25, 0.3) is 5.69 Å². The van der Waals surface area contributed by atoms with Gasteiger partial charge in [0, 0.05) is 30.1 Å². The SMILES string of the molecule is C=COc1cc(-n2ccnc2)cc(C2CCCCC2)n1. The van der Waals surface area contributed by atoms with Gasteiger partial charge in [0.2, 0.25) is 5.88 Å². The number of ether oxygens (including phenoxy) is 1. The molecule has 0 amide bonds. The molecule has 0 bridgehead atoms. The molecular formula is C16H19N3O. The first-order valence-corrected chi connectivity index (χ1v) is 7.14. The third-order valence-corrected chi connectivity index (χ3v) is 3.84. The molecule has 0 aromatic carbocycles. The smallest absolute Gasteiger partial charge is 0.220 e. The molecule has 2 aromatic heterocycles. The number of imidazole rings is 1. The van der Waals surface area contributed by atoms with E-state index in [2.05, 4.69) is 22.6 Å². The molecule has 4 heteroatoms. The van der Waals surface area contributed by atoms with Crippen molar-refractivity contribution in [2.24, 2.45) is 0 Å². The Hall–Kier alpha value is -2.10. The molecule has 1 saturated carbocycles. The molecule has 0 radical (unpaired) electrons. The van der Waals surface area contributed by atoms with Gasteiger partial charge in [-0.1, -0.05) is 25.8 Å². The lowest BCUT2D eigenvalue weighted by Gasteiger charge is -2.22. The summed E-state index contributed by atoms with van der Waals surface area (Å²) in [6.07, 6.45) is 13.3. The minimum absolute atomic E-state index is 0.541. The average molecular weight is 269 g/mol. The second kappa shape index (κ2) is 5.90. The fourth-order valence-corrected chi connectivity index (χ4v) is 2.83. The van der Waals surface area contributed by atoms with E-state index in [1.807, 2.05) is 16.8 Å². The molecule has 20 heavy (non-hydrogen) atoms. The molecule has 0 atom stereocenters. The van der Waals surface area contributed by atoms with E-state index in [4.69, 9.17) is 4.74 Å². The summed E-state index contributed by atoms with van der Waals surface area (Å²) in [7, 11) is 0. The largest absolute Gasteiger partial charge is 0.447 e. The van der Waals surface area contributed by atoms with Crippen LogP contribution in [0, 0.1) is 0 Å². The Morgan fingerprint density at radius 3 is 2.80 bits per heavy atom. The van der Waals surface area contributed by atoms with Gasteiger partial charge in [-0.05, 0) is 18.9 Å². The number of hydrogen-bond acceptors (Lipinski definition) is 3. The molecule has 0 aliphatic heterocycles. The van der Waals surface area contributed by atoms with E-state index in [0.717, 1.165) is 11.4 Å². The van der Waals surface area contributed by atoms with Gasteiger partial charge in [0.05, 0.1) is 18.3 Å². The number of pyridine rings is 1. The quantitative estimate of drug-likeness (QED) is 0.792. The van der Waals surface area contributed by atoms with Crippen LogP contribution in [0.2, 0.25) is 0 Å². The molecule has 1 aliphatic carbocycles. The Morgan fingerprint density at radius 2 is 2.10 bits per heavy atom. The fourth-order valence-electron chi connectivity index (χ4n) is 2.83. The van der Waals surface area contributed by atoms with Gasteiger partial charge in [-0.25, -0.2) is 9.97 Å². The molecule has 1 aliphatic rings. The summed E-state index contributed by atoms with van der Waals surface area (Å²) in [5, 5.41) is 0. The van der Waals surface area contributed by atoms with Gasteiger partial charge in [0.1, 0.15) is 0 Å². The molecule has 4 nitrogen and oxygen atoms in total. The summed E-state index contributed by atoms with van der Waals surface area (Å²) >= 11 is 0. The third kappa shape index (κ3) is 2.74. The molecule has 0 spiro atoms. The van der Waals surface area contributed by atoms with Crippen molar-refractivity contribution >= 4 is 0 Å². The average Bonchev–Trinajstić information content (AvgIpc) is 3.02. The topological polar surface area (TPSA) is 39.9 Å². The van der Waals surface area contributed by atoms with Crippen molar-refractivity contribution in [3.63, 3.8) is 0 Å². The van der Waals surface area contributed by atoms with Crippen molar-refractivity contribution in [2.45, 2.75) is 38.0 Å². The van der Waals surface area contributed by atoms with Gasteiger partial charge >= 0.3 is 0 Å². The van der Waals surface area contributed by atoms with Crippen LogP contribution in [-0.4, -0.2) is 14.5 Å². The third-order valence-electron chi connectivity index (χ3n) is 3.84. The zero-order valence-electron chi connectivity index (χ0n) is 11.5. The zero-order chi connectivity index (χ0) is 13.8. The number of rotatable bonds is 4. The maximum atomic E-state index is 5.40. The number of nitrogens with zero attached hydrogens (tertiary/aromatic N) is 3. The Balaban J connectivity index is 1.97. The van der Waals surface area contributed by atoms with Crippen LogP contribution >= 0.6 is 0 Å². The molecule has 3 rings (SSSR count). The summed E-state index contributed by atoms with van der Waals surface area (Å²) in [4.78, 5) is 8.73. The van der Waals surface area contributed by atoms with Gasteiger partial charge in [-0.3, -0.25) is 0 Å². The molecule has 0 N–H and O–H groups in total. The summed E-state index contributed by atoms with van der Waals surface area (Å²) < 4.78 is 7.37. The van der Waals surface area contributed by atoms with Gasteiger partial charge in [0.15, 0.2) is 0 Å². The maximum Gasteiger partial charge on any atom is 0.220 e. The Morgan fingerprint density at radius 1 is 1.25 bits per heavy atom. The summed E-state index contributed by atoms with van der Waals surface area (Å²) in [5.74, 6) is 1.14. The van der Waals surface area contributed by atoms with Crippen molar-refractivity contribution in [2.75, 3.05) is 0 Å². The van der Waals surface area contributed by atoms with Crippen molar-refractivity contribution in [1.82, 2.24) is 14.5 Å². The highest BCUT2D eigenvalue weighted by Crippen LogP contribution is 2.33. The summed E-state index contributed by atoms with van der Waals surface area (Å²) in [5.41, 5.74) is 2.16. The number of hydrogen-bond donors (Lipinski definition) is 0. The predicted octanol–water partition coefficient (Wildman–Crippen LogP) is 3.84. The summed E-state index contributed by atoms with van der Waals surface area (Å²) in [6.45, 7) is 3.61. The van der Waals surface area contributed by atoms with E-state index in [1.165, 1.54) is 38.4 Å². The lowest BCUT2D eigenvalue weighted by Crippen LogP contribution is -2.08. The van der Waals surface area contributed by atoms with E-state index in [0.29, 0.717) is 11.8 Å². The van der Waals surface area contributed by atoms with Gasteiger partial charge in [-0.15, -0.1) is 0 Å². The fraction of sp³-hybridized carbons (Fsp3) is 0.375. The zero-order valence-corrected chi connectivity index (χ0v) is 11.5. The second-order valence-corrected chi connectivity index (χ2v) is 5.18. The van der Waals surface area contributed by atoms with Crippen LogP contribution < -0.4 is 4.74 Å². The lowest BCUT2D eigenvalue weighted by atomic mass is 9.86. The van der Waals surface area contributed by atoms with Crippen LogP contribution in [0.1, 0.15) is 43.7 Å². The normalized spacial score (nSPS) is 16.0. The minimum atomic E-state index is 0.541. The number of aromatic nitrogens is 3. The van der Waals surface area contributed by atoms with Gasteiger partial charge in [-0.2, -0.15) is 0 Å². The van der Waals surface area contributed by atoms with Crippen molar-refractivity contribution in [3.05, 3.63) is 49.4 Å². The molecule has 0 unspecified atom stereocenters. The summed E-state index contributed by atoms with van der Waals surface area (Å²) in [6, 6.07) is 4.06. The Bertz CT molecular complexity index is 571. The van der Waals surface area contributed by atoms with Crippen LogP contribution in [0.4, 0.5) is 0 Å². The van der Waals surface area contributed by atoms with Crippen molar-refractivity contribution in [3.8, 4) is 11.6 Å². The highest BCUT2D eigenvalue weighted by atomic mass is 16.5. The van der Waals surface area contributed by atoms with Crippen molar-refractivity contribution < 1.29 is 4.74 Å². The minimum Gasteiger partial charge on any atom is -0.447 e. The van der Waals surface area contributed by atoms with E-state index >= 15 is 0 Å². The van der Waals surface area contributed by atoms with Crippen LogP contribution in [-0.2, 0) is 0 Å². The molecule has 104 valence electrons. The monoisotopic (exact) mass is 269 g/mol. The predicted molar refractivity (Wildman–Crippen MR) is 78.0 cm³/mol. The molecular weight excluding hydrogens is 250 g/mol. The second-order valence-electron chi connectivity index (χ2n) is 5.18. The van der Waals surface area contributed by atoms with Crippen molar-refractivity contribution in [1.29, 1.82) is 0 Å². The first kappa shape index (κ1) is 12.9. The lowest BCUT2D eigenvalue weighted by molar-refractivity contribution is 0.422. The van der Waals surface area contributed by atoms with Gasteiger partial charge in [0.25, 0.3) is 0 Å². The van der Waals surface area contributed by atoms with E-state index in [-0.39, 0.29) is 0 Å². The van der Waals surface area contributed by atoms with E-state index in [9.17, 15) is 0 Å².